The van der Waals surface area contributed by atoms with Crippen LogP contribution < -0.4 is 10.6 Å². The van der Waals surface area contributed by atoms with Crippen molar-refractivity contribution in [3.05, 3.63) is 66.4 Å². The van der Waals surface area contributed by atoms with Gasteiger partial charge in [0, 0.05) is 47.0 Å². The van der Waals surface area contributed by atoms with Gasteiger partial charge >= 0.3 is 11.8 Å². The normalized spacial score (nSPS) is 21.7. The third-order valence-corrected chi connectivity index (χ3v) is 7.59. The van der Waals surface area contributed by atoms with Gasteiger partial charge in [0.25, 0.3) is 0 Å². The summed E-state index contributed by atoms with van der Waals surface area (Å²) in [5, 5.41) is 16.0. The number of nitrogens with zero attached hydrogens (tertiary/aromatic N) is 4. The maximum atomic E-state index is 14.3. The Balaban J connectivity index is 1.49. The molecule has 2 aromatic carbocycles. The number of likely N-dealkylation sites (tertiary alicyclic amines) is 1. The molecule has 210 valence electrons. The summed E-state index contributed by atoms with van der Waals surface area (Å²) in [7, 11) is 0. The highest BCUT2D eigenvalue weighted by Gasteiger charge is 2.57. The molecule has 3 heterocycles. The first-order valence-corrected chi connectivity index (χ1v) is 13.3. The highest BCUT2D eigenvalue weighted by atomic mass is 16.2. The Morgan fingerprint density at radius 3 is 2.76 bits per heavy atom. The Labute approximate surface area is 242 Å². The standard InChI is InChI=1S/C31H32N6O4/c1-30(2,3)16-25(36(4)28(40)26(38)34-20-11-12-23-19(14-20)8-7-13-33-23)27(39)37-18-31(15-21(37)17-32)22-9-5-6-10-24(22)35-29(31)41/h5-14,21,25H,15-16,18H2,1-4H3,(H,34,38)(H,35,41)/t21-,25-,31-/m0/s1/i4D3. The van der Waals surface area contributed by atoms with Crippen LogP contribution in [0.1, 0.15) is 43.3 Å². The van der Waals surface area contributed by atoms with E-state index in [2.05, 4.69) is 21.7 Å². The van der Waals surface area contributed by atoms with Gasteiger partial charge in [0.05, 0.1) is 17.0 Å². The van der Waals surface area contributed by atoms with Crippen molar-refractivity contribution in [1.29, 1.82) is 5.26 Å². The molecule has 1 spiro atoms. The van der Waals surface area contributed by atoms with Gasteiger partial charge < -0.3 is 20.4 Å². The molecule has 41 heavy (non-hydrogen) atoms. The number of carbonyl (C=O) groups excluding carboxylic acids is 4. The summed E-state index contributed by atoms with van der Waals surface area (Å²) in [4.78, 5) is 60.2. The Morgan fingerprint density at radius 1 is 1.24 bits per heavy atom. The number of carbonyl (C=O) groups is 4. The maximum Gasteiger partial charge on any atom is 0.313 e. The number of anilines is 2. The summed E-state index contributed by atoms with van der Waals surface area (Å²) in [6, 6.07) is 14.6. The van der Waals surface area contributed by atoms with Crippen molar-refractivity contribution >= 4 is 45.9 Å². The van der Waals surface area contributed by atoms with E-state index in [9.17, 15) is 24.4 Å². The first-order valence-electron chi connectivity index (χ1n) is 14.8. The number of para-hydroxylation sites is 1. The van der Waals surface area contributed by atoms with Crippen LogP contribution in [0, 0.1) is 16.7 Å². The molecule has 2 aliphatic heterocycles. The van der Waals surface area contributed by atoms with E-state index in [0.717, 1.165) is 0 Å². The van der Waals surface area contributed by atoms with E-state index in [4.69, 9.17) is 4.11 Å². The molecule has 0 unspecified atom stereocenters. The van der Waals surface area contributed by atoms with E-state index in [-0.39, 0.29) is 31.0 Å². The van der Waals surface area contributed by atoms with Crippen LogP contribution in [0.3, 0.4) is 0 Å². The molecule has 4 amide bonds. The summed E-state index contributed by atoms with van der Waals surface area (Å²) in [6.45, 7) is 1.93. The monoisotopic (exact) mass is 555 g/mol. The Morgan fingerprint density at radius 2 is 2.02 bits per heavy atom. The summed E-state index contributed by atoms with van der Waals surface area (Å²) in [5.74, 6) is -3.86. The predicted molar refractivity (Wildman–Crippen MR) is 153 cm³/mol. The zero-order valence-corrected chi connectivity index (χ0v) is 23.0. The van der Waals surface area contributed by atoms with Gasteiger partial charge in [0.1, 0.15) is 12.1 Å². The van der Waals surface area contributed by atoms with Crippen LogP contribution in [0.2, 0.25) is 0 Å². The number of likely N-dealkylation sites (N-methyl/N-ethyl adjacent to an activating group) is 1. The number of rotatable bonds is 4. The van der Waals surface area contributed by atoms with E-state index in [1.54, 1.807) is 75.5 Å². The highest BCUT2D eigenvalue weighted by molar-refractivity contribution is 6.40. The van der Waals surface area contributed by atoms with E-state index < -0.39 is 47.6 Å². The molecular weight excluding hydrogens is 520 g/mol. The molecule has 2 aliphatic rings. The second-order valence-electron chi connectivity index (χ2n) is 11.7. The van der Waals surface area contributed by atoms with Gasteiger partial charge in [0.15, 0.2) is 0 Å². The van der Waals surface area contributed by atoms with E-state index in [0.29, 0.717) is 27.1 Å². The fourth-order valence-corrected chi connectivity index (χ4v) is 5.64. The van der Waals surface area contributed by atoms with E-state index in [1.165, 1.54) is 11.0 Å². The molecule has 0 bridgehead atoms. The van der Waals surface area contributed by atoms with Gasteiger partial charge in [-0.3, -0.25) is 24.2 Å². The zero-order chi connectivity index (χ0) is 32.0. The summed E-state index contributed by atoms with van der Waals surface area (Å²) in [5.41, 5.74) is 0.228. The van der Waals surface area contributed by atoms with Gasteiger partial charge in [-0.15, -0.1) is 0 Å². The van der Waals surface area contributed by atoms with Crippen LogP contribution in [0.4, 0.5) is 11.4 Å². The average Bonchev–Trinajstić information content (AvgIpc) is 3.48. The molecule has 3 aromatic rings. The summed E-state index contributed by atoms with van der Waals surface area (Å²) < 4.78 is 24.7. The van der Waals surface area contributed by atoms with Crippen molar-refractivity contribution in [1.82, 2.24) is 14.8 Å². The fraction of sp³-hybridized carbons (Fsp3) is 0.355. The largest absolute Gasteiger partial charge is 0.325 e. The number of aromatic nitrogens is 1. The Kier molecular flexibility index (Phi) is 6.05. The van der Waals surface area contributed by atoms with Crippen LogP contribution in [0.15, 0.2) is 60.8 Å². The van der Waals surface area contributed by atoms with Crippen LogP contribution in [-0.2, 0) is 24.6 Å². The third-order valence-electron chi connectivity index (χ3n) is 7.59. The average molecular weight is 556 g/mol. The molecule has 2 N–H and O–H groups in total. The molecule has 10 heteroatoms. The number of nitriles is 1. The van der Waals surface area contributed by atoms with Crippen LogP contribution in [0.5, 0.6) is 0 Å². The van der Waals surface area contributed by atoms with Crippen molar-refractivity contribution < 1.29 is 23.3 Å². The molecule has 1 fully saturated rings. The van der Waals surface area contributed by atoms with E-state index in [1.807, 2.05) is 0 Å². The Bertz CT molecular complexity index is 1710. The SMILES string of the molecule is [2H]C([2H])([2H])N(C(=O)C(=O)Nc1ccc2ncccc2c1)[C@@H](CC(C)(C)C)C(=O)N1C[C@]2(C[C@H]1C#N)C(=O)Nc1ccccc12. The number of hydrogen-bond acceptors (Lipinski definition) is 6. The number of amides is 4. The number of nitrogens with one attached hydrogen (secondary N) is 2. The first kappa shape index (κ1) is 24.1. The van der Waals surface area contributed by atoms with Crippen LogP contribution >= 0.6 is 0 Å². The molecule has 0 saturated carbocycles. The lowest BCUT2D eigenvalue weighted by molar-refractivity contribution is -0.150. The third kappa shape index (κ3) is 5.11. The predicted octanol–water partition coefficient (Wildman–Crippen LogP) is 3.45. The van der Waals surface area contributed by atoms with Crippen molar-refractivity contribution in [3.63, 3.8) is 0 Å². The number of fused-ring (bicyclic) bond motifs is 3. The van der Waals surface area contributed by atoms with Gasteiger partial charge in [0.2, 0.25) is 11.8 Å². The zero-order valence-electron chi connectivity index (χ0n) is 26.0. The fourth-order valence-electron chi connectivity index (χ4n) is 5.64. The molecule has 3 atom stereocenters. The minimum absolute atomic E-state index is 0.000649. The Hall–Kier alpha value is -4.78. The second-order valence-corrected chi connectivity index (χ2v) is 11.7. The molecular formula is C31H32N6O4. The number of pyridine rings is 1. The minimum Gasteiger partial charge on any atom is -0.325 e. The van der Waals surface area contributed by atoms with Gasteiger partial charge in [-0.05, 0) is 47.7 Å². The number of hydrogen-bond donors (Lipinski definition) is 2. The van der Waals surface area contributed by atoms with Crippen molar-refractivity contribution in [3.8, 4) is 6.07 Å². The van der Waals surface area contributed by atoms with Crippen LogP contribution in [-0.4, -0.2) is 64.0 Å². The quantitative estimate of drug-likeness (QED) is 0.474. The molecule has 1 saturated heterocycles. The second kappa shape index (κ2) is 10.3. The summed E-state index contributed by atoms with van der Waals surface area (Å²) >= 11 is 0. The minimum atomic E-state index is -3.19. The molecule has 5 rings (SSSR count). The maximum absolute atomic E-state index is 14.3. The van der Waals surface area contributed by atoms with Gasteiger partial charge in [-0.1, -0.05) is 45.0 Å². The number of benzene rings is 2. The molecule has 0 radical (unpaired) electrons. The summed E-state index contributed by atoms with van der Waals surface area (Å²) in [6.07, 6.45) is 1.48. The van der Waals surface area contributed by atoms with Gasteiger partial charge in [-0.2, -0.15) is 5.26 Å². The lowest BCUT2D eigenvalue weighted by Crippen LogP contribution is -2.54. The lowest BCUT2D eigenvalue weighted by Gasteiger charge is -2.35. The molecule has 1 aromatic heterocycles. The van der Waals surface area contributed by atoms with Crippen molar-refractivity contribution in [2.75, 3.05) is 24.2 Å². The first-order chi connectivity index (χ1) is 20.6. The molecule has 0 aliphatic carbocycles. The van der Waals surface area contributed by atoms with Crippen molar-refractivity contribution in [2.24, 2.45) is 5.41 Å². The molecule has 10 nitrogen and oxygen atoms in total. The lowest BCUT2D eigenvalue weighted by atomic mass is 9.80. The highest BCUT2D eigenvalue weighted by Crippen LogP contribution is 2.46. The van der Waals surface area contributed by atoms with Gasteiger partial charge in [-0.25, -0.2) is 0 Å². The van der Waals surface area contributed by atoms with Crippen molar-refractivity contribution in [2.45, 2.75) is 51.1 Å². The smallest absolute Gasteiger partial charge is 0.313 e. The van der Waals surface area contributed by atoms with Crippen LogP contribution in [0.25, 0.3) is 10.9 Å². The van der Waals surface area contributed by atoms with E-state index >= 15 is 0 Å². The topological polar surface area (TPSA) is 136 Å².